The van der Waals surface area contributed by atoms with Crippen LogP contribution in [-0.4, -0.2) is 9.38 Å². The van der Waals surface area contributed by atoms with Crippen molar-refractivity contribution in [3.63, 3.8) is 0 Å². The third-order valence-electron chi connectivity index (χ3n) is 2.99. The van der Waals surface area contributed by atoms with Gasteiger partial charge in [-0.25, -0.2) is 4.98 Å². The van der Waals surface area contributed by atoms with Crippen LogP contribution in [0.25, 0.3) is 5.65 Å². The first-order chi connectivity index (χ1) is 9.63. The van der Waals surface area contributed by atoms with Crippen LogP contribution in [0.15, 0.2) is 57.3 Å². The molecule has 0 amide bonds. The maximum atomic E-state index is 4.50. The van der Waals surface area contributed by atoms with Crippen LogP contribution in [0.3, 0.4) is 0 Å². The fraction of sp³-hybridized carbons (Fsp3) is 0.133. The van der Waals surface area contributed by atoms with E-state index in [0.29, 0.717) is 0 Å². The minimum absolute atomic E-state index is 0.764. The maximum absolute atomic E-state index is 4.50. The molecule has 0 saturated carbocycles. The smallest absolute Gasteiger partial charge is 0.182 e. The highest BCUT2D eigenvalue weighted by Crippen LogP contribution is 2.25. The Balaban J connectivity index is 2.04. The van der Waals surface area contributed by atoms with Gasteiger partial charge in [-0.3, -0.25) is 4.40 Å². The van der Waals surface area contributed by atoms with Crippen LogP contribution in [0.5, 0.6) is 0 Å². The number of halogens is 1. The van der Waals surface area contributed by atoms with Gasteiger partial charge in [-0.05, 0) is 49.7 Å². The third kappa shape index (κ3) is 2.49. The summed E-state index contributed by atoms with van der Waals surface area (Å²) in [6.45, 7) is 3.99. The van der Waals surface area contributed by atoms with Crippen LogP contribution in [0.4, 0.5) is 11.5 Å². The number of benzene rings is 1. The maximum Gasteiger partial charge on any atom is 0.182 e. The van der Waals surface area contributed by atoms with Crippen molar-refractivity contribution in [3.05, 3.63) is 58.3 Å². The summed E-state index contributed by atoms with van der Waals surface area (Å²) < 4.78 is 2.93. The SMILES string of the molecule is Cc1ccn2c(N=Nc3cccc(Br)c3)c(C)nc2c1. The number of hydrogen-bond donors (Lipinski definition) is 0. The Hall–Kier alpha value is -2.01. The Morgan fingerprint density at radius 3 is 2.75 bits per heavy atom. The number of imidazole rings is 1. The van der Waals surface area contributed by atoms with E-state index in [1.807, 2.05) is 60.8 Å². The first-order valence-corrected chi connectivity index (χ1v) is 7.05. The van der Waals surface area contributed by atoms with Crippen LogP contribution >= 0.6 is 15.9 Å². The summed E-state index contributed by atoms with van der Waals surface area (Å²) in [7, 11) is 0. The monoisotopic (exact) mass is 328 g/mol. The zero-order valence-corrected chi connectivity index (χ0v) is 12.8. The average molecular weight is 329 g/mol. The minimum atomic E-state index is 0.764. The molecule has 0 atom stereocenters. The number of fused-ring (bicyclic) bond motifs is 1. The van der Waals surface area contributed by atoms with Crippen LogP contribution < -0.4 is 0 Å². The molecule has 4 nitrogen and oxygen atoms in total. The topological polar surface area (TPSA) is 42.0 Å². The normalized spacial score (nSPS) is 11.6. The van der Waals surface area contributed by atoms with Gasteiger partial charge in [0.25, 0.3) is 0 Å². The second kappa shape index (κ2) is 5.17. The van der Waals surface area contributed by atoms with Crippen molar-refractivity contribution in [1.82, 2.24) is 9.38 Å². The number of aromatic nitrogens is 2. The summed E-state index contributed by atoms with van der Waals surface area (Å²) in [5, 5.41) is 8.62. The van der Waals surface area contributed by atoms with Crippen molar-refractivity contribution in [2.45, 2.75) is 13.8 Å². The van der Waals surface area contributed by atoms with Gasteiger partial charge in [-0.2, -0.15) is 0 Å². The molecule has 0 aliphatic carbocycles. The molecule has 0 radical (unpaired) electrons. The summed E-state index contributed by atoms with van der Waals surface area (Å²) in [4.78, 5) is 4.50. The van der Waals surface area contributed by atoms with Crippen LogP contribution in [0, 0.1) is 13.8 Å². The molecule has 20 heavy (non-hydrogen) atoms. The lowest BCUT2D eigenvalue weighted by atomic mass is 10.3. The number of rotatable bonds is 2. The van der Waals surface area contributed by atoms with Crippen LogP contribution in [0.2, 0.25) is 0 Å². The van der Waals surface area contributed by atoms with E-state index in [-0.39, 0.29) is 0 Å². The summed E-state index contributed by atoms with van der Waals surface area (Å²) in [6, 6.07) is 11.8. The Labute approximate surface area is 125 Å². The average Bonchev–Trinajstić information content (AvgIpc) is 2.71. The Morgan fingerprint density at radius 1 is 1.10 bits per heavy atom. The van der Waals surface area contributed by atoms with E-state index in [1.165, 1.54) is 5.56 Å². The number of azo groups is 1. The molecule has 0 bridgehead atoms. The molecular formula is C15H13BrN4. The largest absolute Gasteiger partial charge is 0.283 e. The Morgan fingerprint density at radius 2 is 1.95 bits per heavy atom. The van der Waals surface area contributed by atoms with Gasteiger partial charge in [0.05, 0.1) is 11.4 Å². The predicted octanol–water partition coefficient (Wildman–Crippen LogP) is 5.13. The highest BCUT2D eigenvalue weighted by atomic mass is 79.9. The highest BCUT2D eigenvalue weighted by molar-refractivity contribution is 9.10. The molecule has 0 aliphatic rings. The fourth-order valence-electron chi connectivity index (χ4n) is 2.02. The molecule has 0 saturated heterocycles. The minimum Gasteiger partial charge on any atom is -0.283 e. The summed E-state index contributed by atoms with van der Waals surface area (Å²) in [5.41, 5.74) is 3.75. The molecule has 3 rings (SSSR count). The number of hydrogen-bond acceptors (Lipinski definition) is 3. The highest BCUT2D eigenvalue weighted by Gasteiger charge is 2.07. The van der Waals surface area contributed by atoms with Gasteiger partial charge in [0, 0.05) is 10.7 Å². The van der Waals surface area contributed by atoms with Gasteiger partial charge in [0.15, 0.2) is 5.82 Å². The van der Waals surface area contributed by atoms with Crippen molar-refractivity contribution >= 4 is 33.1 Å². The zero-order valence-electron chi connectivity index (χ0n) is 11.2. The molecule has 2 heterocycles. The zero-order chi connectivity index (χ0) is 14.1. The number of aryl methyl sites for hydroxylation is 2. The molecule has 100 valence electrons. The van der Waals surface area contributed by atoms with E-state index >= 15 is 0 Å². The van der Waals surface area contributed by atoms with Crippen molar-refractivity contribution in [2.75, 3.05) is 0 Å². The molecule has 5 heteroatoms. The lowest BCUT2D eigenvalue weighted by Gasteiger charge is -1.97. The molecule has 0 aliphatic heterocycles. The number of nitrogens with zero attached hydrogens (tertiary/aromatic N) is 4. The molecule has 3 aromatic rings. The van der Waals surface area contributed by atoms with Gasteiger partial charge in [0.2, 0.25) is 0 Å². The van der Waals surface area contributed by atoms with E-state index < -0.39 is 0 Å². The fourth-order valence-corrected chi connectivity index (χ4v) is 2.40. The second-order valence-electron chi connectivity index (χ2n) is 4.63. The van der Waals surface area contributed by atoms with Gasteiger partial charge >= 0.3 is 0 Å². The van der Waals surface area contributed by atoms with Crippen molar-refractivity contribution in [1.29, 1.82) is 0 Å². The second-order valence-corrected chi connectivity index (χ2v) is 5.55. The van der Waals surface area contributed by atoms with Gasteiger partial charge in [-0.15, -0.1) is 10.2 Å². The summed E-state index contributed by atoms with van der Waals surface area (Å²) in [5.74, 6) is 0.764. The van der Waals surface area contributed by atoms with Crippen molar-refractivity contribution in [2.24, 2.45) is 10.2 Å². The lowest BCUT2D eigenvalue weighted by molar-refractivity contribution is 1.09. The van der Waals surface area contributed by atoms with E-state index in [4.69, 9.17) is 0 Å². The quantitative estimate of drug-likeness (QED) is 0.601. The Bertz CT molecular complexity index is 805. The van der Waals surface area contributed by atoms with E-state index in [1.54, 1.807) is 0 Å². The molecule has 2 aromatic heterocycles. The van der Waals surface area contributed by atoms with E-state index in [0.717, 1.165) is 27.3 Å². The standard InChI is InChI=1S/C15H13BrN4/c1-10-6-7-20-14(8-10)17-11(2)15(20)19-18-13-5-3-4-12(16)9-13/h3-9H,1-2H3. The molecule has 0 spiro atoms. The van der Waals surface area contributed by atoms with Crippen molar-refractivity contribution < 1.29 is 0 Å². The third-order valence-corrected chi connectivity index (χ3v) is 3.49. The van der Waals surface area contributed by atoms with E-state index in [2.05, 4.69) is 31.1 Å². The lowest BCUT2D eigenvalue weighted by Crippen LogP contribution is -1.83. The molecular weight excluding hydrogens is 316 g/mol. The van der Waals surface area contributed by atoms with Gasteiger partial charge in [-0.1, -0.05) is 22.0 Å². The van der Waals surface area contributed by atoms with Crippen LogP contribution in [-0.2, 0) is 0 Å². The van der Waals surface area contributed by atoms with E-state index in [9.17, 15) is 0 Å². The van der Waals surface area contributed by atoms with Crippen LogP contribution in [0.1, 0.15) is 11.3 Å². The molecule has 0 N–H and O–H groups in total. The summed E-state index contributed by atoms with van der Waals surface area (Å²) >= 11 is 3.42. The van der Waals surface area contributed by atoms with Gasteiger partial charge in [0.1, 0.15) is 5.65 Å². The molecule has 0 fully saturated rings. The van der Waals surface area contributed by atoms with Crippen molar-refractivity contribution in [3.8, 4) is 0 Å². The molecule has 1 aromatic carbocycles. The first-order valence-electron chi connectivity index (χ1n) is 6.26. The molecule has 0 unspecified atom stereocenters. The first kappa shape index (κ1) is 13.0. The van der Waals surface area contributed by atoms with Gasteiger partial charge < -0.3 is 0 Å². The Kier molecular flexibility index (Phi) is 3.36. The summed E-state index contributed by atoms with van der Waals surface area (Å²) in [6.07, 6.45) is 1.97. The predicted molar refractivity (Wildman–Crippen MR) is 83.0 cm³/mol. The number of pyridine rings is 1.